The average molecular weight is 587 g/mol. The van der Waals surface area contributed by atoms with E-state index >= 15 is 0 Å². The molecular formula is C36H62N2O4. The summed E-state index contributed by atoms with van der Waals surface area (Å²) in [4.78, 5) is 17.5. The largest absolute Gasteiger partial charge is 0.449 e. The summed E-state index contributed by atoms with van der Waals surface area (Å²) in [6, 6.07) is 0.647. The quantitative estimate of drug-likeness (QED) is 0.361. The first-order chi connectivity index (χ1) is 20.2. The second-order valence-electron chi connectivity index (χ2n) is 16.3. The van der Waals surface area contributed by atoms with E-state index in [1.54, 1.807) is 0 Å². The van der Waals surface area contributed by atoms with Gasteiger partial charge in [-0.25, -0.2) is 4.79 Å². The van der Waals surface area contributed by atoms with Gasteiger partial charge in [-0.05, 0) is 142 Å². The topological polar surface area (TPSA) is 73.2 Å². The van der Waals surface area contributed by atoms with E-state index in [0.29, 0.717) is 54.1 Å². The van der Waals surface area contributed by atoms with Crippen LogP contribution in [-0.4, -0.2) is 77.1 Å². The van der Waals surface area contributed by atoms with Crippen molar-refractivity contribution in [2.75, 3.05) is 32.8 Å². The maximum Gasteiger partial charge on any atom is 0.409 e. The first kappa shape index (κ1) is 31.1. The molecule has 2 saturated heterocycles. The minimum absolute atomic E-state index is 0.105. The highest BCUT2D eigenvalue weighted by molar-refractivity contribution is 5.67. The van der Waals surface area contributed by atoms with Crippen molar-refractivity contribution in [3.05, 3.63) is 0 Å². The van der Waals surface area contributed by atoms with Gasteiger partial charge in [-0.3, -0.25) is 0 Å². The van der Waals surface area contributed by atoms with Crippen molar-refractivity contribution in [3.63, 3.8) is 0 Å². The third kappa shape index (κ3) is 5.46. The van der Waals surface area contributed by atoms with Gasteiger partial charge in [0.25, 0.3) is 0 Å². The van der Waals surface area contributed by atoms with Crippen LogP contribution in [0.1, 0.15) is 118 Å². The third-order valence-corrected chi connectivity index (χ3v) is 14.6. The van der Waals surface area contributed by atoms with Gasteiger partial charge in [-0.1, -0.05) is 40.5 Å². The number of ether oxygens (including phenoxy) is 1. The summed E-state index contributed by atoms with van der Waals surface area (Å²) in [5.41, 5.74) is 0.517. The molecule has 2 N–H and O–H groups in total. The molecule has 42 heavy (non-hydrogen) atoms. The molecule has 2 aliphatic heterocycles. The van der Waals surface area contributed by atoms with Crippen molar-refractivity contribution in [2.45, 2.75) is 136 Å². The summed E-state index contributed by atoms with van der Waals surface area (Å²) in [7, 11) is 0. The van der Waals surface area contributed by atoms with Gasteiger partial charge in [-0.15, -0.1) is 0 Å². The molecule has 0 aromatic rings. The lowest BCUT2D eigenvalue weighted by Crippen LogP contribution is -2.62. The highest BCUT2D eigenvalue weighted by atomic mass is 16.6. The normalized spacial score (nSPS) is 45.5. The number of nitrogens with zero attached hydrogens (tertiary/aromatic N) is 2. The summed E-state index contributed by atoms with van der Waals surface area (Å²) < 4.78 is 5.89. The molecule has 4 aliphatic carbocycles. The Hall–Kier alpha value is -0.850. The molecule has 0 aromatic heterocycles. The molecule has 0 spiro atoms. The summed E-state index contributed by atoms with van der Waals surface area (Å²) in [6.45, 7) is 14.4. The molecule has 0 bridgehead atoms. The molecule has 6 heteroatoms. The van der Waals surface area contributed by atoms with Crippen LogP contribution in [0.4, 0.5) is 4.79 Å². The first-order valence-corrected chi connectivity index (χ1v) is 18.2. The number of aliphatic hydroxyl groups excluding tert-OH is 2. The van der Waals surface area contributed by atoms with Crippen LogP contribution in [0.15, 0.2) is 0 Å². The van der Waals surface area contributed by atoms with Crippen LogP contribution < -0.4 is 0 Å². The number of rotatable bonds is 6. The molecule has 0 unspecified atom stereocenters. The van der Waals surface area contributed by atoms with E-state index in [9.17, 15) is 15.0 Å². The Morgan fingerprint density at radius 1 is 0.881 bits per heavy atom. The molecular weight excluding hydrogens is 524 g/mol. The average Bonchev–Trinajstić information content (AvgIpc) is 3.36. The Morgan fingerprint density at radius 2 is 1.57 bits per heavy atom. The predicted octanol–water partition coefficient (Wildman–Crippen LogP) is 6.73. The van der Waals surface area contributed by atoms with Crippen LogP contribution in [0.5, 0.6) is 0 Å². The van der Waals surface area contributed by atoms with Gasteiger partial charge in [0.1, 0.15) is 0 Å². The molecule has 240 valence electrons. The summed E-state index contributed by atoms with van der Waals surface area (Å²) in [5, 5.41) is 22.5. The number of fused-ring (bicyclic) bond motifs is 5. The maximum absolute atomic E-state index is 12.9. The van der Waals surface area contributed by atoms with E-state index in [1.807, 2.05) is 4.90 Å². The first-order valence-electron chi connectivity index (χ1n) is 18.2. The Balaban J connectivity index is 1.03. The van der Waals surface area contributed by atoms with Crippen LogP contribution in [0, 0.1) is 52.3 Å². The molecule has 6 fully saturated rings. The van der Waals surface area contributed by atoms with Gasteiger partial charge in [0.2, 0.25) is 0 Å². The zero-order chi connectivity index (χ0) is 29.6. The van der Waals surface area contributed by atoms with Crippen molar-refractivity contribution in [3.8, 4) is 0 Å². The van der Waals surface area contributed by atoms with Crippen molar-refractivity contribution in [2.24, 2.45) is 52.3 Å². The number of piperidine rings is 2. The van der Waals surface area contributed by atoms with Crippen molar-refractivity contribution in [1.82, 2.24) is 9.80 Å². The van der Waals surface area contributed by atoms with Gasteiger partial charge >= 0.3 is 6.09 Å². The number of carbonyl (C=O) groups excluding carboxylic acids is 1. The molecule has 4 saturated carbocycles. The van der Waals surface area contributed by atoms with E-state index < -0.39 is 0 Å². The number of aliphatic hydroxyl groups is 2. The minimum Gasteiger partial charge on any atom is -0.449 e. The second kappa shape index (κ2) is 12.5. The number of hydrogen-bond donors (Lipinski definition) is 2. The van der Waals surface area contributed by atoms with Crippen LogP contribution >= 0.6 is 0 Å². The van der Waals surface area contributed by atoms with E-state index in [1.165, 1.54) is 58.0 Å². The maximum atomic E-state index is 12.9. The molecule has 2 heterocycles. The van der Waals surface area contributed by atoms with Crippen LogP contribution in [0.3, 0.4) is 0 Å². The monoisotopic (exact) mass is 586 g/mol. The van der Waals surface area contributed by atoms with Crippen LogP contribution in [0.25, 0.3) is 0 Å². The van der Waals surface area contributed by atoms with Crippen molar-refractivity contribution < 1.29 is 19.7 Å². The minimum atomic E-state index is -0.234. The van der Waals surface area contributed by atoms with Crippen LogP contribution in [0.2, 0.25) is 0 Å². The lowest BCUT2D eigenvalue weighted by atomic mass is 9.41. The Morgan fingerprint density at radius 3 is 2.29 bits per heavy atom. The number of amides is 1. The molecule has 0 aromatic carbocycles. The van der Waals surface area contributed by atoms with Gasteiger partial charge in [0, 0.05) is 19.1 Å². The number of hydrogen-bond acceptors (Lipinski definition) is 5. The summed E-state index contributed by atoms with van der Waals surface area (Å²) >= 11 is 0. The lowest BCUT2D eigenvalue weighted by Gasteiger charge is -2.64. The molecule has 1 amide bonds. The Labute approximate surface area is 256 Å². The number of likely N-dealkylation sites (tertiary alicyclic amines) is 2. The second-order valence-corrected chi connectivity index (χ2v) is 16.3. The van der Waals surface area contributed by atoms with Crippen LogP contribution in [-0.2, 0) is 4.74 Å². The molecule has 11 atom stereocenters. The fourth-order valence-electron chi connectivity index (χ4n) is 12.3. The van der Waals surface area contributed by atoms with E-state index in [4.69, 9.17) is 4.74 Å². The van der Waals surface area contributed by atoms with E-state index in [2.05, 4.69) is 32.6 Å². The Kier molecular flexibility index (Phi) is 9.27. The fraction of sp³-hybridized carbons (Fsp3) is 0.972. The zero-order valence-electron chi connectivity index (χ0n) is 27.3. The highest BCUT2D eigenvalue weighted by Crippen LogP contribution is 2.69. The van der Waals surface area contributed by atoms with E-state index in [0.717, 1.165) is 58.0 Å². The molecule has 6 rings (SSSR count). The molecule has 0 radical (unpaired) electrons. The van der Waals surface area contributed by atoms with Gasteiger partial charge < -0.3 is 24.7 Å². The molecule has 6 nitrogen and oxygen atoms in total. The smallest absolute Gasteiger partial charge is 0.409 e. The Bertz CT molecular complexity index is 931. The molecule has 6 aliphatic rings. The SMILES string of the molecule is CC[C@H]1[C@@H](O)[C@@H]2[C@H](CC[C@]3(C)[C@@H]([C@H](C)CCOC(=O)N4CCC(N5CCCCC5)CC4)CC[C@@H]23)[C@@]2(C)CC[C@@H](O)C[C@@H]12. The van der Waals surface area contributed by atoms with Gasteiger partial charge in [0.15, 0.2) is 0 Å². The highest BCUT2D eigenvalue weighted by Gasteiger charge is 2.64. The zero-order valence-corrected chi connectivity index (χ0v) is 27.3. The standard InChI is InChI=1S/C36H62N2O4/c1-5-27-31-23-26(39)11-16-36(31,4)30-12-17-35(3)28(9-10-29(35)32(30)33(27)40)24(2)15-22-42-34(41)38-20-13-25(14-21-38)37-18-7-6-8-19-37/h24-33,39-40H,5-23H2,1-4H3/t24-,26-,27-,28-,29+,30+,31+,32+,33-,35-,36-/m1/s1. The number of carbonyl (C=O) groups is 1. The lowest BCUT2D eigenvalue weighted by molar-refractivity contribution is -0.203. The summed E-state index contributed by atoms with van der Waals surface area (Å²) in [5.74, 6) is 3.48. The van der Waals surface area contributed by atoms with Crippen molar-refractivity contribution >= 4 is 6.09 Å². The fourth-order valence-corrected chi connectivity index (χ4v) is 12.3. The van der Waals surface area contributed by atoms with E-state index in [-0.39, 0.29) is 29.1 Å². The predicted molar refractivity (Wildman–Crippen MR) is 167 cm³/mol. The van der Waals surface area contributed by atoms with Gasteiger partial charge in [-0.2, -0.15) is 0 Å². The van der Waals surface area contributed by atoms with Gasteiger partial charge in [0.05, 0.1) is 18.8 Å². The third-order valence-electron chi connectivity index (χ3n) is 14.6. The van der Waals surface area contributed by atoms with Crippen molar-refractivity contribution in [1.29, 1.82) is 0 Å². The summed E-state index contributed by atoms with van der Waals surface area (Å²) in [6.07, 6.45) is 15.5.